The zero-order valence-corrected chi connectivity index (χ0v) is 15.1. The Kier molecular flexibility index (Phi) is 6.62. The van der Waals surface area contributed by atoms with E-state index in [1.54, 1.807) is 6.26 Å². The molecule has 0 aromatic heterocycles. The van der Waals surface area contributed by atoms with Gasteiger partial charge >= 0.3 is 0 Å². The lowest BCUT2D eigenvalue weighted by Gasteiger charge is -2.24. The standard InChI is InChI=1S/C17H24N2O2S.ClH/c1-22(21)11-12-5-4-7-14(9-12)18-17(20)16-10-13-6-2-3-8-15(13)19-16;/h4-5,7,9,13,15-16,19H,2-3,6,8,10-11H2,1H3,(H,18,20);1H. The summed E-state index contributed by atoms with van der Waals surface area (Å²) in [5, 5.41) is 6.51. The lowest BCUT2D eigenvalue weighted by molar-refractivity contribution is -0.117. The first-order valence-corrected chi connectivity index (χ1v) is 9.80. The van der Waals surface area contributed by atoms with Crippen LogP contribution in [-0.4, -0.2) is 28.5 Å². The Morgan fingerprint density at radius 1 is 1.35 bits per heavy atom. The molecule has 0 radical (unpaired) electrons. The van der Waals surface area contributed by atoms with E-state index in [2.05, 4.69) is 10.6 Å². The van der Waals surface area contributed by atoms with Crippen molar-refractivity contribution in [2.24, 2.45) is 5.92 Å². The summed E-state index contributed by atoms with van der Waals surface area (Å²) in [6.07, 6.45) is 7.67. The molecule has 1 aliphatic heterocycles. The van der Waals surface area contributed by atoms with Gasteiger partial charge in [0, 0.05) is 34.5 Å². The number of anilines is 1. The third-order valence-electron chi connectivity index (χ3n) is 4.74. The first-order chi connectivity index (χ1) is 10.6. The largest absolute Gasteiger partial charge is 0.325 e. The van der Waals surface area contributed by atoms with Gasteiger partial charge in [-0.25, -0.2) is 0 Å². The average molecular weight is 357 g/mol. The van der Waals surface area contributed by atoms with Crippen LogP contribution in [0.2, 0.25) is 0 Å². The molecule has 6 heteroatoms. The van der Waals surface area contributed by atoms with Crippen LogP contribution < -0.4 is 10.6 Å². The Morgan fingerprint density at radius 3 is 2.87 bits per heavy atom. The van der Waals surface area contributed by atoms with Crippen molar-refractivity contribution in [1.29, 1.82) is 0 Å². The van der Waals surface area contributed by atoms with Crippen LogP contribution in [0.15, 0.2) is 24.3 Å². The SMILES string of the molecule is CS(=O)Cc1cccc(NC(=O)C2CC3CCCCC3N2)c1.Cl. The number of carbonyl (C=O) groups is 1. The van der Waals surface area contributed by atoms with Crippen molar-refractivity contribution in [2.45, 2.75) is 49.9 Å². The predicted molar refractivity (Wildman–Crippen MR) is 97.4 cm³/mol. The van der Waals surface area contributed by atoms with E-state index < -0.39 is 10.8 Å². The lowest BCUT2D eigenvalue weighted by atomic mass is 9.85. The van der Waals surface area contributed by atoms with Gasteiger partial charge < -0.3 is 10.6 Å². The van der Waals surface area contributed by atoms with E-state index in [0.29, 0.717) is 17.7 Å². The van der Waals surface area contributed by atoms with E-state index in [-0.39, 0.29) is 24.4 Å². The van der Waals surface area contributed by atoms with Crippen LogP contribution in [0.25, 0.3) is 0 Å². The number of carbonyl (C=O) groups excluding carboxylic acids is 1. The monoisotopic (exact) mass is 356 g/mol. The molecule has 23 heavy (non-hydrogen) atoms. The summed E-state index contributed by atoms with van der Waals surface area (Å²) in [7, 11) is -0.870. The number of benzene rings is 1. The quantitative estimate of drug-likeness (QED) is 0.872. The Hall–Kier alpha value is -0.910. The number of fused-ring (bicyclic) bond motifs is 1. The molecule has 4 unspecified atom stereocenters. The van der Waals surface area contributed by atoms with Crippen molar-refractivity contribution < 1.29 is 9.00 Å². The predicted octanol–water partition coefficient (Wildman–Crippen LogP) is 2.85. The Labute approximate surface area is 146 Å². The van der Waals surface area contributed by atoms with Gasteiger partial charge in [0.2, 0.25) is 5.91 Å². The van der Waals surface area contributed by atoms with Gasteiger partial charge in [-0.15, -0.1) is 12.4 Å². The van der Waals surface area contributed by atoms with Gasteiger partial charge in [-0.05, 0) is 42.9 Å². The molecule has 0 spiro atoms. The lowest BCUT2D eigenvalue weighted by Crippen LogP contribution is -2.39. The normalized spacial score (nSPS) is 27.6. The van der Waals surface area contributed by atoms with Crippen LogP contribution in [0.4, 0.5) is 5.69 Å². The first-order valence-electron chi connectivity index (χ1n) is 8.07. The van der Waals surface area contributed by atoms with Crippen LogP contribution in [-0.2, 0) is 21.3 Å². The molecule has 2 aliphatic rings. The third kappa shape index (κ3) is 4.78. The van der Waals surface area contributed by atoms with Crippen LogP contribution in [0.1, 0.15) is 37.7 Å². The van der Waals surface area contributed by atoms with Crippen molar-refractivity contribution in [3.63, 3.8) is 0 Å². The molecule has 1 heterocycles. The van der Waals surface area contributed by atoms with Crippen molar-refractivity contribution in [3.05, 3.63) is 29.8 Å². The molecule has 1 saturated heterocycles. The summed E-state index contributed by atoms with van der Waals surface area (Å²) in [6, 6.07) is 8.11. The molecule has 128 valence electrons. The highest BCUT2D eigenvalue weighted by molar-refractivity contribution is 7.83. The van der Waals surface area contributed by atoms with Gasteiger partial charge in [0.15, 0.2) is 0 Å². The van der Waals surface area contributed by atoms with E-state index in [9.17, 15) is 9.00 Å². The third-order valence-corrected chi connectivity index (χ3v) is 5.48. The zero-order chi connectivity index (χ0) is 15.5. The molecule has 1 aliphatic carbocycles. The topological polar surface area (TPSA) is 58.2 Å². The van der Waals surface area contributed by atoms with E-state index in [1.165, 1.54) is 25.7 Å². The van der Waals surface area contributed by atoms with E-state index >= 15 is 0 Å². The summed E-state index contributed by atoms with van der Waals surface area (Å²) < 4.78 is 11.3. The second-order valence-electron chi connectivity index (χ2n) is 6.51. The molecule has 4 nitrogen and oxygen atoms in total. The molecular weight excluding hydrogens is 332 g/mol. The fourth-order valence-electron chi connectivity index (χ4n) is 3.72. The van der Waals surface area contributed by atoms with Gasteiger partial charge in [0.05, 0.1) is 6.04 Å². The van der Waals surface area contributed by atoms with Crippen LogP contribution in [0.5, 0.6) is 0 Å². The minimum absolute atomic E-state index is 0. The first kappa shape index (κ1) is 18.4. The fourth-order valence-corrected chi connectivity index (χ4v) is 4.37. The van der Waals surface area contributed by atoms with E-state index in [1.807, 2.05) is 24.3 Å². The molecular formula is C17H25ClN2O2S. The van der Waals surface area contributed by atoms with Crippen LogP contribution in [0, 0.1) is 5.92 Å². The van der Waals surface area contributed by atoms with Gasteiger partial charge in [0.1, 0.15) is 0 Å². The molecule has 1 aromatic carbocycles. The van der Waals surface area contributed by atoms with Crippen molar-refractivity contribution in [3.8, 4) is 0 Å². The van der Waals surface area contributed by atoms with Gasteiger partial charge in [0.25, 0.3) is 0 Å². The van der Waals surface area contributed by atoms with Crippen molar-refractivity contribution in [1.82, 2.24) is 5.32 Å². The molecule has 1 aromatic rings. The van der Waals surface area contributed by atoms with Crippen LogP contribution in [0.3, 0.4) is 0 Å². The highest BCUT2D eigenvalue weighted by atomic mass is 35.5. The summed E-state index contributed by atoms with van der Waals surface area (Å²) >= 11 is 0. The second-order valence-corrected chi connectivity index (χ2v) is 7.95. The van der Waals surface area contributed by atoms with Gasteiger partial charge in [-0.2, -0.15) is 0 Å². The number of hydrogen-bond donors (Lipinski definition) is 2. The van der Waals surface area contributed by atoms with Crippen molar-refractivity contribution in [2.75, 3.05) is 11.6 Å². The summed E-state index contributed by atoms with van der Waals surface area (Å²) in [4.78, 5) is 12.5. The van der Waals surface area contributed by atoms with Crippen LogP contribution >= 0.6 is 12.4 Å². The molecule has 2 N–H and O–H groups in total. The maximum atomic E-state index is 12.5. The summed E-state index contributed by atoms with van der Waals surface area (Å²) in [6.45, 7) is 0. The molecule has 2 fully saturated rings. The highest BCUT2D eigenvalue weighted by Gasteiger charge is 2.38. The number of rotatable bonds is 4. The Balaban J connectivity index is 0.00000192. The van der Waals surface area contributed by atoms with Gasteiger partial charge in [-0.3, -0.25) is 9.00 Å². The van der Waals surface area contributed by atoms with Gasteiger partial charge in [-0.1, -0.05) is 25.0 Å². The molecule has 3 rings (SSSR count). The van der Waals surface area contributed by atoms with Crippen molar-refractivity contribution >= 4 is 34.8 Å². The minimum atomic E-state index is -0.870. The smallest absolute Gasteiger partial charge is 0.241 e. The number of hydrogen-bond acceptors (Lipinski definition) is 3. The summed E-state index contributed by atoms with van der Waals surface area (Å²) in [5.41, 5.74) is 1.79. The summed E-state index contributed by atoms with van der Waals surface area (Å²) in [5.74, 6) is 1.25. The molecule has 4 atom stereocenters. The Morgan fingerprint density at radius 2 is 2.13 bits per heavy atom. The maximum Gasteiger partial charge on any atom is 0.241 e. The number of nitrogens with one attached hydrogen (secondary N) is 2. The fraction of sp³-hybridized carbons (Fsp3) is 0.588. The van der Waals surface area contributed by atoms with E-state index in [4.69, 9.17) is 0 Å². The number of halogens is 1. The molecule has 1 saturated carbocycles. The zero-order valence-electron chi connectivity index (χ0n) is 13.4. The second kappa shape index (κ2) is 8.27. The highest BCUT2D eigenvalue weighted by Crippen LogP contribution is 2.33. The minimum Gasteiger partial charge on any atom is -0.325 e. The number of amides is 1. The molecule has 1 amide bonds. The average Bonchev–Trinajstić information content (AvgIpc) is 2.91. The van der Waals surface area contributed by atoms with E-state index in [0.717, 1.165) is 17.7 Å². The molecule has 0 bridgehead atoms. The maximum absolute atomic E-state index is 12.5. The Bertz CT molecular complexity index is 567.